The van der Waals surface area contributed by atoms with Gasteiger partial charge in [-0.15, -0.1) is 0 Å². The average molecular weight is 365 g/mol. The van der Waals surface area contributed by atoms with Gasteiger partial charge in [-0.3, -0.25) is 9.59 Å². The number of amides is 2. The zero-order valence-electron chi connectivity index (χ0n) is 15.5. The Hall–Kier alpha value is -3.28. The lowest BCUT2D eigenvalue weighted by atomic mass is 10.2. The van der Waals surface area contributed by atoms with Crippen LogP contribution in [0.15, 0.2) is 54.6 Å². The van der Waals surface area contributed by atoms with Crippen molar-refractivity contribution in [3.8, 4) is 5.75 Å². The Morgan fingerprint density at radius 1 is 1.04 bits per heavy atom. The number of nitrogens with one attached hydrogen (secondary N) is 2. The van der Waals surface area contributed by atoms with Crippen LogP contribution in [0.2, 0.25) is 0 Å². The van der Waals surface area contributed by atoms with Gasteiger partial charge in [-0.2, -0.15) is 0 Å². The van der Waals surface area contributed by atoms with E-state index in [1.54, 1.807) is 24.3 Å². The van der Waals surface area contributed by atoms with E-state index in [1.165, 1.54) is 0 Å². The van der Waals surface area contributed by atoms with Crippen molar-refractivity contribution < 1.29 is 14.3 Å². The molecule has 0 aliphatic heterocycles. The number of nitrogens with zero attached hydrogens (tertiary/aromatic N) is 1. The average Bonchev–Trinajstić information content (AvgIpc) is 2.97. The van der Waals surface area contributed by atoms with Gasteiger partial charge in [0.05, 0.1) is 0 Å². The number of aryl methyl sites for hydroxylation is 1. The van der Waals surface area contributed by atoms with Gasteiger partial charge in [0.25, 0.3) is 5.91 Å². The van der Waals surface area contributed by atoms with E-state index in [0.717, 1.165) is 16.6 Å². The number of aromatic nitrogens is 1. The lowest BCUT2D eigenvalue weighted by molar-refractivity contribution is -0.123. The summed E-state index contributed by atoms with van der Waals surface area (Å²) in [6, 6.07) is 17.0. The first kappa shape index (κ1) is 18.5. The number of fused-ring (bicyclic) bond motifs is 1. The highest BCUT2D eigenvalue weighted by molar-refractivity contribution is 5.92. The first-order valence-corrected chi connectivity index (χ1v) is 8.91. The summed E-state index contributed by atoms with van der Waals surface area (Å²) in [4.78, 5) is 23.8. The topological polar surface area (TPSA) is 72.4 Å². The highest BCUT2D eigenvalue weighted by Crippen LogP contribution is 2.20. The Morgan fingerprint density at radius 3 is 2.52 bits per heavy atom. The number of para-hydroxylation sites is 1. The van der Waals surface area contributed by atoms with E-state index in [9.17, 15) is 9.59 Å². The molecule has 3 aromatic rings. The Balaban J connectivity index is 1.59. The number of anilines is 1. The second-order valence-electron chi connectivity index (χ2n) is 6.25. The summed E-state index contributed by atoms with van der Waals surface area (Å²) in [7, 11) is 0. The van der Waals surface area contributed by atoms with Gasteiger partial charge >= 0.3 is 0 Å². The highest BCUT2D eigenvalue weighted by atomic mass is 16.5. The SMILES string of the molecule is CCNC(=O)COc1ccc(NC(=O)Cn2c(C)cc3ccccc32)cc1. The standard InChI is InChI=1S/C21H23N3O3/c1-3-22-21(26)14-27-18-10-8-17(9-11-18)23-20(25)13-24-15(2)12-16-6-4-5-7-19(16)24/h4-12H,3,13-14H2,1-2H3,(H,22,26)(H,23,25). The number of hydrogen-bond acceptors (Lipinski definition) is 3. The van der Waals surface area contributed by atoms with Gasteiger partial charge in [0.15, 0.2) is 6.61 Å². The third kappa shape index (κ3) is 4.67. The van der Waals surface area contributed by atoms with Crippen LogP contribution in [-0.4, -0.2) is 29.5 Å². The molecule has 140 valence electrons. The molecule has 0 radical (unpaired) electrons. The largest absolute Gasteiger partial charge is 0.484 e. The van der Waals surface area contributed by atoms with Gasteiger partial charge in [0.1, 0.15) is 12.3 Å². The molecule has 2 N–H and O–H groups in total. The molecule has 3 rings (SSSR count). The van der Waals surface area contributed by atoms with Crippen LogP contribution >= 0.6 is 0 Å². The molecule has 0 saturated heterocycles. The third-order valence-corrected chi connectivity index (χ3v) is 4.20. The molecule has 1 heterocycles. The Bertz CT molecular complexity index is 945. The monoisotopic (exact) mass is 365 g/mol. The molecule has 0 aliphatic rings. The van der Waals surface area contributed by atoms with Gasteiger partial charge in [-0.1, -0.05) is 18.2 Å². The van der Waals surface area contributed by atoms with Crippen LogP contribution in [0, 0.1) is 6.92 Å². The summed E-state index contributed by atoms with van der Waals surface area (Å²) in [5.74, 6) is 0.311. The predicted octanol–water partition coefficient (Wildman–Crippen LogP) is 3.10. The maximum Gasteiger partial charge on any atom is 0.257 e. The lowest BCUT2D eigenvalue weighted by Crippen LogP contribution is -2.28. The fourth-order valence-corrected chi connectivity index (χ4v) is 2.93. The number of carbonyl (C=O) groups is 2. The minimum atomic E-state index is -0.163. The molecule has 6 heteroatoms. The van der Waals surface area contributed by atoms with Gasteiger partial charge in [0.2, 0.25) is 5.91 Å². The van der Waals surface area contributed by atoms with E-state index in [-0.39, 0.29) is 25.0 Å². The third-order valence-electron chi connectivity index (χ3n) is 4.20. The molecular weight excluding hydrogens is 342 g/mol. The van der Waals surface area contributed by atoms with Crippen LogP contribution in [0.25, 0.3) is 10.9 Å². The second kappa shape index (κ2) is 8.40. The van der Waals surface area contributed by atoms with Crippen LogP contribution in [-0.2, 0) is 16.1 Å². The highest BCUT2D eigenvalue weighted by Gasteiger charge is 2.10. The first-order valence-electron chi connectivity index (χ1n) is 8.91. The fourth-order valence-electron chi connectivity index (χ4n) is 2.93. The Morgan fingerprint density at radius 2 is 1.78 bits per heavy atom. The van der Waals surface area contributed by atoms with E-state index in [1.807, 2.05) is 42.7 Å². The summed E-state index contributed by atoms with van der Waals surface area (Å²) in [5.41, 5.74) is 2.76. The zero-order valence-corrected chi connectivity index (χ0v) is 15.5. The molecule has 27 heavy (non-hydrogen) atoms. The number of ether oxygens (including phenoxy) is 1. The van der Waals surface area contributed by atoms with E-state index in [2.05, 4.69) is 16.7 Å². The van der Waals surface area contributed by atoms with Crippen molar-refractivity contribution in [1.82, 2.24) is 9.88 Å². The molecule has 0 aliphatic carbocycles. The Labute approximate surface area is 158 Å². The maximum absolute atomic E-state index is 12.4. The fraction of sp³-hybridized carbons (Fsp3) is 0.238. The minimum absolute atomic E-state index is 0.0282. The molecule has 2 aromatic carbocycles. The van der Waals surface area contributed by atoms with Crippen molar-refractivity contribution in [2.24, 2.45) is 0 Å². The first-order chi connectivity index (χ1) is 13.1. The van der Waals surface area contributed by atoms with E-state index < -0.39 is 0 Å². The van der Waals surface area contributed by atoms with Gasteiger partial charge < -0.3 is 19.9 Å². The molecule has 0 atom stereocenters. The molecular formula is C21H23N3O3. The normalized spacial score (nSPS) is 10.6. The number of carbonyl (C=O) groups excluding carboxylic acids is 2. The maximum atomic E-state index is 12.4. The summed E-state index contributed by atoms with van der Waals surface area (Å²) in [5, 5.41) is 6.68. The minimum Gasteiger partial charge on any atom is -0.484 e. The van der Waals surface area contributed by atoms with Crippen LogP contribution in [0.4, 0.5) is 5.69 Å². The van der Waals surface area contributed by atoms with Gasteiger partial charge in [0, 0.05) is 23.4 Å². The van der Waals surface area contributed by atoms with Crippen LogP contribution in [0.1, 0.15) is 12.6 Å². The molecule has 0 unspecified atom stereocenters. The summed E-state index contributed by atoms with van der Waals surface area (Å²) in [6.07, 6.45) is 0. The molecule has 2 amide bonds. The summed E-state index contributed by atoms with van der Waals surface area (Å²) in [6.45, 7) is 4.64. The van der Waals surface area contributed by atoms with Gasteiger partial charge in [-0.25, -0.2) is 0 Å². The molecule has 0 bridgehead atoms. The van der Waals surface area contributed by atoms with Crippen molar-refractivity contribution in [2.75, 3.05) is 18.5 Å². The second-order valence-corrected chi connectivity index (χ2v) is 6.25. The van der Waals surface area contributed by atoms with Crippen LogP contribution in [0.5, 0.6) is 5.75 Å². The van der Waals surface area contributed by atoms with Crippen molar-refractivity contribution >= 4 is 28.4 Å². The lowest BCUT2D eigenvalue weighted by Gasteiger charge is -2.10. The van der Waals surface area contributed by atoms with Crippen LogP contribution in [0.3, 0.4) is 0 Å². The predicted molar refractivity (Wildman–Crippen MR) is 106 cm³/mol. The number of likely N-dealkylation sites (N-methyl/N-ethyl adjacent to an activating group) is 1. The smallest absolute Gasteiger partial charge is 0.257 e. The molecule has 0 fully saturated rings. The summed E-state index contributed by atoms with van der Waals surface area (Å²) >= 11 is 0. The summed E-state index contributed by atoms with van der Waals surface area (Å²) < 4.78 is 7.40. The molecule has 6 nitrogen and oxygen atoms in total. The number of rotatable bonds is 7. The van der Waals surface area contributed by atoms with Crippen molar-refractivity contribution in [2.45, 2.75) is 20.4 Å². The van der Waals surface area contributed by atoms with Crippen molar-refractivity contribution in [3.63, 3.8) is 0 Å². The van der Waals surface area contributed by atoms with E-state index in [0.29, 0.717) is 18.0 Å². The number of benzene rings is 2. The van der Waals surface area contributed by atoms with E-state index >= 15 is 0 Å². The van der Waals surface area contributed by atoms with E-state index in [4.69, 9.17) is 4.74 Å². The zero-order chi connectivity index (χ0) is 19.2. The Kier molecular flexibility index (Phi) is 5.76. The molecule has 1 aromatic heterocycles. The van der Waals surface area contributed by atoms with Crippen LogP contribution < -0.4 is 15.4 Å². The number of hydrogen-bond donors (Lipinski definition) is 2. The van der Waals surface area contributed by atoms with Crippen molar-refractivity contribution in [3.05, 3.63) is 60.3 Å². The quantitative estimate of drug-likeness (QED) is 0.676. The van der Waals surface area contributed by atoms with Gasteiger partial charge in [-0.05, 0) is 55.6 Å². The van der Waals surface area contributed by atoms with Crippen molar-refractivity contribution in [1.29, 1.82) is 0 Å². The molecule has 0 spiro atoms. The molecule has 0 saturated carbocycles.